The first-order chi connectivity index (χ1) is 12.0. The highest BCUT2D eigenvalue weighted by Gasteiger charge is 2.42. The lowest BCUT2D eigenvalue weighted by atomic mass is 9.90. The maximum Gasteiger partial charge on any atom is 0.224 e. The Morgan fingerprint density at radius 3 is 2.68 bits per heavy atom. The number of halogens is 3. The van der Waals surface area contributed by atoms with Gasteiger partial charge in [-0.3, -0.25) is 0 Å². The number of benzene rings is 2. The predicted molar refractivity (Wildman–Crippen MR) is 93.2 cm³/mol. The molecule has 0 saturated carbocycles. The average Bonchev–Trinajstić information content (AvgIpc) is 3.03. The molecule has 5 nitrogen and oxygen atoms in total. The van der Waals surface area contributed by atoms with Crippen LogP contribution in [0.5, 0.6) is 0 Å². The number of fused-ring (bicyclic) bond motifs is 1. The molecule has 2 atom stereocenters. The number of hydrogen-bond acceptors (Lipinski definition) is 4. The summed E-state index contributed by atoms with van der Waals surface area (Å²) in [6, 6.07) is 10.6. The average molecular weight is 379 g/mol. The van der Waals surface area contributed by atoms with Crippen molar-refractivity contribution in [1.82, 2.24) is 14.8 Å². The van der Waals surface area contributed by atoms with Gasteiger partial charge in [-0.25, -0.2) is 9.07 Å². The molecule has 0 spiro atoms. The van der Waals surface area contributed by atoms with Crippen LogP contribution in [-0.4, -0.2) is 19.9 Å². The number of anilines is 1. The van der Waals surface area contributed by atoms with Gasteiger partial charge < -0.3 is 10.4 Å². The first kappa shape index (κ1) is 16.3. The smallest absolute Gasteiger partial charge is 0.224 e. The number of aromatic nitrogens is 3. The van der Waals surface area contributed by atoms with Gasteiger partial charge in [-0.05, 0) is 24.3 Å². The van der Waals surface area contributed by atoms with E-state index in [4.69, 9.17) is 23.2 Å². The fraction of sp³-hybridized carbons (Fsp3) is 0.176. The van der Waals surface area contributed by atoms with E-state index in [2.05, 4.69) is 15.4 Å². The summed E-state index contributed by atoms with van der Waals surface area (Å²) in [6.07, 6.45) is 1.46. The maximum absolute atomic E-state index is 14.5. The number of nitrogens with zero attached hydrogens (tertiary/aromatic N) is 3. The van der Waals surface area contributed by atoms with Crippen molar-refractivity contribution in [3.63, 3.8) is 0 Å². The molecule has 0 amide bonds. The quantitative estimate of drug-likeness (QED) is 0.707. The van der Waals surface area contributed by atoms with Crippen LogP contribution in [0.4, 0.5) is 10.3 Å². The summed E-state index contributed by atoms with van der Waals surface area (Å²) in [4.78, 5) is 4.12. The van der Waals surface area contributed by atoms with E-state index in [1.165, 1.54) is 23.1 Å². The zero-order chi connectivity index (χ0) is 17.6. The molecule has 128 valence electrons. The van der Waals surface area contributed by atoms with Crippen molar-refractivity contribution < 1.29 is 9.50 Å². The molecule has 0 aliphatic carbocycles. The van der Waals surface area contributed by atoms with Gasteiger partial charge in [0.15, 0.2) is 5.72 Å². The first-order valence-corrected chi connectivity index (χ1v) is 8.33. The van der Waals surface area contributed by atoms with Gasteiger partial charge in [-0.15, -0.1) is 0 Å². The van der Waals surface area contributed by atoms with Crippen LogP contribution < -0.4 is 5.32 Å². The second-order valence-corrected chi connectivity index (χ2v) is 6.72. The Balaban J connectivity index is 1.84. The van der Waals surface area contributed by atoms with Gasteiger partial charge in [0.05, 0.1) is 6.04 Å². The predicted octanol–water partition coefficient (Wildman–Crippen LogP) is 3.97. The van der Waals surface area contributed by atoms with Crippen LogP contribution in [0.3, 0.4) is 0 Å². The fourth-order valence-corrected chi connectivity index (χ4v) is 3.55. The van der Waals surface area contributed by atoms with E-state index in [0.29, 0.717) is 16.5 Å². The molecule has 2 heterocycles. The van der Waals surface area contributed by atoms with Crippen LogP contribution in [0.15, 0.2) is 48.8 Å². The van der Waals surface area contributed by atoms with Crippen molar-refractivity contribution in [2.24, 2.45) is 0 Å². The van der Waals surface area contributed by atoms with E-state index in [-0.39, 0.29) is 17.0 Å². The topological polar surface area (TPSA) is 63.0 Å². The third-order valence-electron chi connectivity index (χ3n) is 4.33. The molecule has 0 bridgehead atoms. The Kier molecular flexibility index (Phi) is 3.91. The number of hydrogen-bond donors (Lipinski definition) is 2. The number of aliphatic hydroxyl groups is 1. The Morgan fingerprint density at radius 1 is 1.20 bits per heavy atom. The molecule has 1 aliphatic heterocycles. The van der Waals surface area contributed by atoms with E-state index in [1.54, 1.807) is 30.3 Å². The minimum Gasteiger partial charge on any atom is -0.367 e. The van der Waals surface area contributed by atoms with E-state index < -0.39 is 17.6 Å². The number of rotatable bonds is 2. The van der Waals surface area contributed by atoms with E-state index in [9.17, 15) is 9.50 Å². The van der Waals surface area contributed by atoms with E-state index in [1.807, 2.05) is 0 Å². The lowest BCUT2D eigenvalue weighted by Gasteiger charge is -2.38. The van der Waals surface area contributed by atoms with Crippen molar-refractivity contribution >= 4 is 29.2 Å². The van der Waals surface area contributed by atoms with Gasteiger partial charge in [0.25, 0.3) is 0 Å². The third-order valence-corrected chi connectivity index (χ3v) is 4.91. The highest BCUT2D eigenvalue weighted by Crippen LogP contribution is 2.42. The molecule has 0 fully saturated rings. The van der Waals surface area contributed by atoms with Crippen molar-refractivity contribution in [2.45, 2.75) is 18.2 Å². The normalized spacial score (nSPS) is 22.3. The Bertz CT molecular complexity index is 910. The van der Waals surface area contributed by atoms with Crippen LogP contribution >= 0.6 is 23.2 Å². The van der Waals surface area contributed by atoms with Gasteiger partial charge in [-0.1, -0.05) is 41.4 Å². The molecular formula is C17H13Cl2FN4O. The van der Waals surface area contributed by atoms with Gasteiger partial charge >= 0.3 is 0 Å². The van der Waals surface area contributed by atoms with E-state index in [0.717, 1.165) is 0 Å². The van der Waals surface area contributed by atoms with Crippen molar-refractivity contribution in [1.29, 1.82) is 0 Å². The Hall–Kier alpha value is -2.15. The van der Waals surface area contributed by atoms with Gasteiger partial charge in [0.1, 0.15) is 12.1 Å². The Morgan fingerprint density at radius 2 is 1.96 bits per heavy atom. The summed E-state index contributed by atoms with van der Waals surface area (Å²) in [5, 5.41) is 19.2. The molecule has 2 N–H and O–H groups in total. The molecule has 3 aromatic rings. The van der Waals surface area contributed by atoms with Crippen LogP contribution in [0, 0.1) is 5.82 Å². The standard InChI is InChI=1S/C17H13Cl2FN4O/c18-11-6-4-10(5-7-11)17(25)8-14(24-16(23-17)21-9-22-24)15-12(19)2-1-3-13(15)20/h1-7,9,14,25H,8H2,(H,21,22,23)/t14-,17+/m1/s1. The third kappa shape index (κ3) is 2.76. The van der Waals surface area contributed by atoms with Crippen LogP contribution in [0.2, 0.25) is 10.0 Å². The summed E-state index contributed by atoms with van der Waals surface area (Å²) in [5.41, 5.74) is -0.613. The summed E-state index contributed by atoms with van der Waals surface area (Å²) in [6.45, 7) is 0. The molecular weight excluding hydrogens is 366 g/mol. The van der Waals surface area contributed by atoms with E-state index >= 15 is 0 Å². The minimum absolute atomic E-state index is 0.117. The lowest BCUT2D eigenvalue weighted by Crippen LogP contribution is -2.43. The summed E-state index contributed by atoms with van der Waals surface area (Å²) in [7, 11) is 0. The van der Waals surface area contributed by atoms with Crippen molar-refractivity contribution in [2.75, 3.05) is 5.32 Å². The Labute approximate surface area is 153 Å². The van der Waals surface area contributed by atoms with Crippen LogP contribution in [0.1, 0.15) is 23.6 Å². The summed E-state index contributed by atoms with van der Waals surface area (Å²) in [5.74, 6) is -0.132. The molecule has 4 rings (SSSR count). The SMILES string of the molecule is O[C@]1(c2ccc(Cl)cc2)C[C@H](c2c(F)cccc2Cl)n2ncnc2N1. The molecule has 0 saturated heterocycles. The van der Waals surface area contributed by atoms with Crippen molar-refractivity contribution in [3.8, 4) is 0 Å². The minimum atomic E-state index is -1.47. The number of nitrogens with one attached hydrogen (secondary N) is 1. The second kappa shape index (κ2) is 5.98. The zero-order valence-electron chi connectivity index (χ0n) is 12.8. The monoisotopic (exact) mass is 378 g/mol. The molecule has 1 aliphatic rings. The van der Waals surface area contributed by atoms with Gasteiger partial charge in [-0.2, -0.15) is 10.1 Å². The first-order valence-electron chi connectivity index (χ1n) is 7.58. The van der Waals surface area contributed by atoms with Crippen LogP contribution in [-0.2, 0) is 5.72 Å². The van der Waals surface area contributed by atoms with Crippen LogP contribution in [0.25, 0.3) is 0 Å². The summed E-state index contributed by atoms with van der Waals surface area (Å²) >= 11 is 12.2. The fourth-order valence-electron chi connectivity index (χ4n) is 3.14. The molecule has 8 heteroatoms. The zero-order valence-corrected chi connectivity index (χ0v) is 14.3. The lowest BCUT2D eigenvalue weighted by molar-refractivity contribution is 0.0340. The molecule has 0 unspecified atom stereocenters. The highest BCUT2D eigenvalue weighted by atomic mass is 35.5. The molecule has 0 radical (unpaired) electrons. The second-order valence-electron chi connectivity index (χ2n) is 5.88. The molecule has 25 heavy (non-hydrogen) atoms. The molecule has 2 aromatic carbocycles. The van der Waals surface area contributed by atoms with Crippen molar-refractivity contribution in [3.05, 3.63) is 75.8 Å². The molecule has 1 aromatic heterocycles. The highest BCUT2D eigenvalue weighted by molar-refractivity contribution is 6.31. The largest absolute Gasteiger partial charge is 0.367 e. The van der Waals surface area contributed by atoms with Gasteiger partial charge in [0, 0.05) is 27.6 Å². The maximum atomic E-state index is 14.5. The van der Waals surface area contributed by atoms with Gasteiger partial charge in [0.2, 0.25) is 5.95 Å². The summed E-state index contributed by atoms with van der Waals surface area (Å²) < 4.78 is 16.0.